The second-order valence-corrected chi connectivity index (χ2v) is 8.50. The molecule has 3 aromatic carbocycles. The zero-order valence-corrected chi connectivity index (χ0v) is 19.9. The van der Waals surface area contributed by atoms with Crippen LogP contribution in [-0.2, 0) is 13.1 Å². The summed E-state index contributed by atoms with van der Waals surface area (Å²) in [6.07, 6.45) is 0.531. The SMILES string of the molecule is O=C(O)NCc1ccc(-c2nc3ccnc(C(=O)NCc4ccccc4)c3cc2-c2ccccc2)cc1. The molecule has 5 rings (SSSR count). The van der Waals surface area contributed by atoms with Gasteiger partial charge in [0.15, 0.2) is 0 Å². The van der Waals surface area contributed by atoms with Crippen LogP contribution in [0.5, 0.6) is 0 Å². The predicted octanol–water partition coefficient (Wildman–Crippen LogP) is 5.66. The minimum Gasteiger partial charge on any atom is -0.465 e. The predicted molar refractivity (Wildman–Crippen MR) is 143 cm³/mol. The Morgan fingerprint density at radius 3 is 2.08 bits per heavy atom. The van der Waals surface area contributed by atoms with Crippen LogP contribution in [0.2, 0.25) is 0 Å². The number of nitrogens with zero attached hydrogens (tertiary/aromatic N) is 2. The van der Waals surface area contributed by atoms with Crippen molar-refractivity contribution in [2.24, 2.45) is 0 Å². The van der Waals surface area contributed by atoms with Crippen molar-refractivity contribution in [2.75, 3.05) is 0 Å². The molecule has 3 N–H and O–H groups in total. The molecule has 0 radical (unpaired) electrons. The number of benzene rings is 3. The Morgan fingerprint density at radius 2 is 1.38 bits per heavy atom. The fraction of sp³-hybridized carbons (Fsp3) is 0.0667. The molecular weight excluding hydrogens is 464 g/mol. The summed E-state index contributed by atoms with van der Waals surface area (Å²) >= 11 is 0. The van der Waals surface area contributed by atoms with Gasteiger partial charge in [0.05, 0.1) is 11.2 Å². The molecule has 0 unspecified atom stereocenters. The molecule has 182 valence electrons. The number of amides is 2. The lowest BCUT2D eigenvalue weighted by molar-refractivity contribution is 0.0947. The first-order chi connectivity index (χ1) is 18.1. The van der Waals surface area contributed by atoms with Crippen LogP contribution in [0, 0.1) is 0 Å². The minimum absolute atomic E-state index is 0.222. The maximum Gasteiger partial charge on any atom is 0.404 e. The fourth-order valence-corrected chi connectivity index (χ4v) is 4.16. The molecule has 0 aliphatic heterocycles. The number of fused-ring (bicyclic) bond motifs is 1. The van der Waals surface area contributed by atoms with Gasteiger partial charge in [0.1, 0.15) is 5.69 Å². The van der Waals surface area contributed by atoms with Gasteiger partial charge in [0.25, 0.3) is 5.91 Å². The molecule has 0 atom stereocenters. The normalized spacial score (nSPS) is 10.7. The molecule has 2 aromatic heterocycles. The lowest BCUT2D eigenvalue weighted by atomic mass is 9.96. The highest BCUT2D eigenvalue weighted by Gasteiger charge is 2.17. The molecule has 0 saturated carbocycles. The number of hydrogen-bond donors (Lipinski definition) is 3. The smallest absolute Gasteiger partial charge is 0.404 e. The number of pyridine rings is 2. The maximum atomic E-state index is 13.1. The van der Waals surface area contributed by atoms with Crippen molar-refractivity contribution >= 4 is 22.9 Å². The number of aromatic nitrogens is 2. The molecule has 0 spiro atoms. The van der Waals surface area contributed by atoms with Gasteiger partial charge in [-0.2, -0.15) is 0 Å². The molecule has 0 aliphatic carbocycles. The van der Waals surface area contributed by atoms with Gasteiger partial charge in [0.2, 0.25) is 0 Å². The number of carbonyl (C=O) groups is 2. The zero-order chi connectivity index (χ0) is 25.6. The van der Waals surface area contributed by atoms with Crippen molar-refractivity contribution in [1.29, 1.82) is 0 Å². The molecule has 0 fully saturated rings. The van der Waals surface area contributed by atoms with E-state index in [4.69, 9.17) is 10.1 Å². The molecule has 37 heavy (non-hydrogen) atoms. The van der Waals surface area contributed by atoms with Gasteiger partial charge < -0.3 is 15.7 Å². The van der Waals surface area contributed by atoms with Gasteiger partial charge in [0, 0.05) is 35.8 Å². The summed E-state index contributed by atoms with van der Waals surface area (Å²) in [6, 6.07) is 31.0. The van der Waals surface area contributed by atoms with Crippen LogP contribution in [0.4, 0.5) is 4.79 Å². The van der Waals surface area contributed by atoms with Crippen molar-refractivity contribution in [3.63, 3.8) is 0 Å². The summed E-state index contributed by atoms with van der Waals surface area (Å²) < 4.78 is 0. The molecular formula is C30H24N4O3. The third-order valence-corrected chi connectivity index (χ3v) is 6.01. The maximum absolute atomic E-state index is 13.1. The number of carbonyl (C=O) groups excluding carboxylic acids is 1. The largest absolute Gasteiger partial charge is 0.465 e. The van der Waals surface area contributed by atoms with Crippen LogP contribution in [0.1, 0.15) is 21.6 Å². The monoisotopic (exact) mass is 488 g/mol. The quantitative estimate of drug-likeness (QED) is 0.274. The minimum atomic E-state index is -1.07. The highest BCUT2D eigenvalue weighted by Crippen LogP contribution is 2.34. The third kappa shape index (κ3) is 5.46. The van der Waals surface area contributed by atoms with E-state index in [-0.39, 0.29) is 12.5 Å². The fourth-order valence-electron chi connectivity index (χ4n) is 4.16. The second-order valence-electron chi connectivity index (χ2n) is 8.50. The van der Waals surface area contributed by atoms with Gasteiger partial charge in [-0.1, -0.05) is 84.9 Å². The van der Waals surface area contributed by atoms with E-state index in [1.807, 2.05) is 91.0 Å². The topological polar surface area (TPSA) is 104 Å². The first-order valence-electron chi connectivity index (χ1n) is 11.8. The van der Waals surface area contributed by atoms with Crippen LogP contribution in [-0.4, -0.2) is 27.1 Å². The average Bonchev–Trinajstić information content (AvgIpc) is 2.95. The lowest BCUT2D eigenvalue weighted by Crippen LogP contribution is -2.24. The standard InChI is InChI=1S/C30H24N4O3/c35-29(32-18-20-7-3-1-4-8-20)28-25-17-24(22-9-5-2-6-10-22)27(34-26(25)15-16-31-28)23-13-11-21(12-14-23)19-33-30(36)37/h1-17,33H,18-19H2,(H,32,35)(H,36,37). The van der Waals surface area contributed by atoms with Crippen LogP contribution in [0.25, 0.3) is 33.3 Å². The molecule has 2 heterocycles. The average molecular weight is 489 g/mol. The van der Waals surface area contributed by atoms with Gasteiger partial charge in [-0.3, -0.25) is 9.78 Å². The van der Waals surface area contributed by atoms with Crippen molar-refractivity contribution in [1.82, 2.24) is 20.6 Å². The Morgan fingerprint density at radius 1 is 0.730 bits per heavy atom. The Bertz CT molecular complexity index is 1550. The van der Waals surface area contributed by atoms with E-state index in [1.165, 1.54) is 0 Å². The molecule has 0 aliphatic rings. The summed E-state index contributed by atoms with van der Waals surface area (Å²) in [6.45, 7) is 0.622. The van der Waals surface area contributed by atoms with Crippen LogP contribution in [0.15, 0.2) is 103 Å². The highest BCUT2D eigenvalue weighted by molar-refractivity contribution is 6.06. The Labute approximate surface area is 213 Å². The van der Waals surface area contributed by atoms with Gasteiger partial charge in [-0.05, 0) is 28.8 Å². The first kappa shape index (κ1) is 23.7. The number of carboxylic acid groups (broad SMARTS) is 1. The van der Waals surface area contributed by atoms with E-state index >= 15 is 0 Å². The summed E-state index contributed by atoms with van der Waals surface area (Å²) in [5.74, 6) is -0.265. The van der Waals surface area contributed by atoms with Crippen molar-refractivity contribution in [3.05, 3.63) is 120 Å². The molecule has 0 bridgehead atoms. The Kier molecular flexibility index (Phi) is 6.85. The number of rotatable bonds is 7. The van der Waals surface area contributed by atoms with Gasteiger partial charge in [-0.25, -0.2) is 9.78 Å². The Hall–Kier alpha value is -5.04. The first-order valence-corrected chi connectivity index (χ1v) is 11.8. The van der Waals surface area contributed by atoms with E-state index in [1.54, 1.807) is 12.3 Å². The summed E-state index contributed by atoms with van der Waals surface area (Å²) in [5, 5.41) is 14.9. The highest BCUT2D eigenvalue weighted by atomic mass is 16.4. The summed E-state index contributed by atoms with van der Waals surface area (Å²) in [4.78, 5) is 33.3. The van der Waals surface area contributed by atoms with Crippen molar-refractivity contribution < 1.29 is 14.7 Å². The van der Waals surface area contributed by atoms with E-state index in [2.05, 4.69) is 15.6 Å². The molecule has 2 amide bonds. The van der Waals surface area contributed by atoms with Crippen LogP contribution in [0.3, 0.4) is 0 Å². The number of hydrogen-bond acceptors (Lipinski definition) is 4. The van der Waals surface area contributed by atoms with Crippen LogP contribution >= 0.6 is 0 Å². The Balaban J connectivity index is 1.55. The van der Waals surface area contributed by atoms with Crippen molar-refractivity contribution in [3.8, 4) is 22.4 Å². The van der Waals surface area contributed by atoms with E-state index in [9.17, 15) is 9.59 Å². The molecule has 0 saturated heterocycles. The lowest BCUT2D eigenvalue weighted by Gasteiger charge is -2.14. The van der Waals surface area contributed by atoms with E-state index in [0.717, 1.165) is 33.5 Å². The van der Waals surface area contributed by atoms with Gasteiger partial charge in [-0.15, -0.1) is 0 Å². The molecule has 5 aromatic rings. The van der Waals surface area contributed by atoms with Crippen molar-refractivity contribution in [2.45, 2.75) is 13.1 Å². The second kappa shape index (κ2) is 10.7. The summed E-state index contributed by atoms with van der Waals surface area (Å²) in [7, 11) is 0. The summed E-state index contributed by atoms with van der Waals surface area (Å²) in [5.41, 5.74) is 6.30. The van der Waals surface area contributed by atoms with Crippen LogP contribution < -0.4 is 10.6 Å². The van der Waals surface area contributed by atoms with Gasteiger partial charge >= 0.3 is 6.09 Å². The zero-order valence-electron chi connectivity index (χ0n) is 19.9. The molecule has 7 nitrogen and oxygen atoms in total. The van der Waals surface area contributed by atoms with E-state index < -0.39 is 6.09 Å². The van der Waals surface area contributed by atoms with E-state index in [0.29, 0.717) is 23.1 Å². The number of nitrogens with one attached hydrogen (secondary N) is 2. The molecule has 7 heteroatoms. The third-order valence-electron chi connectivity index (χ3n) is 6.01.